The summed E-state index contributed by atoms with van der Waals surface area (Å²) in [6.45, 7) is 7.16. The number of benzene rings is 1. The number of likely N-dealkylation sites (tertiary alicyclic amines) is 1. The van der Waals surface area contributed by atoms with Crippen molar-refractivity contribution in [3.8, 4) is 5.75 Å². The Bertz CT molecular complexity index is 447. The number of piperidine rings is 1. The first-order chi connectivity index (χ1) is 9.15. The lowest BCUT2D eigenvalue weighted by molar-refractivity contribution is 0.0859. The lowest BCUT2D eigenvalue weighted by Crippen LogP contribution is -2.42. The maximum Gasteiger partial charge on any atom is 0.119 e. The molecule has 1 aromatic rings. The summed E-state index contributed by atoms with van der Waals surface area (Å²) in [6.07, 6.45) is 4.85. The standard InChI is InChI=1S/C17H25NO/c1-12-9-13(2)11-18(10-12)16-7-3-6-15-14(16)5-4-8-17(15)19/h4-5,8,12-13,16,19H,3,6-7,9-11H2,1-2H3. The average Bonchev–Trinajstić information content (AvgIpc) is 2.37. The van der Waals surface area contributed by atoms with Gasteiger partial charge in [-0.3, -0.25) is 4.90 Å². The van der Waals surface area contributed by atoms with E-state index in [1.165, 1.54) is 43.5 Å². The van der Waals surface area contributed by atoms with E-state index in [1.54, 1.807) is 0 Å². The lowest BCUT2D eigenvalue weighted by atomic mass is 9.83. The van der Waals surface area contributed by atoms with E-state index in [0.29, 0.717) is 11.8 Å². The molecular weight excluding hydrogens is 234 g/mol. The van der Waals surface area contributed by atoms with E-state index in [4.69, 9.17) is 0 Å². The van der Waals surface area contributed by atoms with E-state index in [1.807, 2.05) is 12.1 Å². The largest absolute Gasteiger partial charge is 0.508 e. The predicted octanol–water partition coefficient (Wildman–Crippen LogP) is 3.75. The molecule has 0 aromatic heterocycles. The molecule has 19 heavy (non-hydrogen) atoms. The van der Waals surface area contributed by atoms with Crippen LogP contribution in [0.1, 0.15) is 50.3 Å². The summed E-state index contributed by atoms with van der Waals surface area (Å²) in [6, 6.07) is 6.59. The second kappa shape index (κ2) is 5.16. The van der Waals surface area contributed by atoms with Gasteiger partial charge in [-0.1, -0.05) is 26.0 Å². The molecule has 1 aliphatic heterocycles. The van der Waals surface area contributed by atoms with Gasteiger partial charge < -0.3 is 5.11 Å². The number of nitrogens with zero attached hydrogens (tertiary/aromatic N) is 1. The Kier molecular flexibility index (Phi) is 3.53. The molecule has 1 N–H and O–H groups in total. The summed E-state index contributed by atoms with van der Waals surface area (Å²) >= 11 is 0. The van der Waals surface area contributed by atoms with E-state index in [9.17, 15) is 5.11 Å². The Balaban J connectivity index is 1.89. The van der Waals surface area contributed by atoms with Gasteiger partial charge in [0.15, 0.2) is 0 Å². The second-order valence-corrected chi connectivity index (χ2v) is 6.65. The van der Waals surface area contributed by atoms with E-state index in [-0.39, 0.29) is 0 Å². The summed E-state index contributed by atoms with van der Waals surface area (Å²) < 4.78 is 0. The van der Waals surface area contributed by atoms with Crippen LogP contribution < -0.4 is 0 Å². The molecule has 1 aromatic carbocycles. The number of hydrogen-bond acceptors (Lipinski definition) is 2. The molecule has 1 saturated heterocycles. The highest BCUT2D eigenvalue weighted by molar-refractivity contribution is 5.42. The molecule has 1 heterocycles. The first-order valence-corrected chi connectivity index (χ1v) is 7.70. The SMILES string of the molecule is CC1CC(C)CN(C2CCCc3c(O)cccc32)C1. The minimum absolute atomic E-state index is 0.500. The van der Waals surface area contributed by atoms with Crippen molar-refractivity contribution >= 4 is 0 Å². The summed E-state index contributed by atoms with van der Waals surface area (Å²) in [7, 11) is 0. The van der Waals surface area contributed by atoms with Crippen LogP contribution in [0.2, 0.25) is 0 Å². The van der Waals surface area contributed by atoms with Crippen molar-refractivity contribution in [3.05, 3.63) is 29.3 Å². The van der Waals surface area contributed by atoms with Crippen LogP contribution in [0.4, 0.5) is 0 Å². The molecule has 104 valence electrons. The Morgan fingerprint density at radius 1 is 1.16 bits per heavy atom. The van der Waals surface area contributed by atoms with Gasteiger partial charge in [-0.05, 0) is 54.7 Å². The number of rotatable bonds is 1. The third-order valence-corrected chi connectivity index (χ3v) is 4.79. The number of aromatic hydroxyl groups is 1. The third-order valence-electron chi connectivity index (χ3n) is 4.79. The first kappa shape index (κ1) is 13.0. The topological polar surface area (TPSA) is 23.5 Å². The number of hydrogen-bond donors (Lipinski definition) is 1. The maximum atomic E-state index is 10.1. The second-order valence-electron chi connectivity index (χ2n) is 6.65. The van der Waals surface area contributed by atoms with Gasteiger partial charge in [0.2, 0.25) is 0 Å². The van der Waals surface area contributed by atoms with Crippen molar-refractivity contribution in [3.63, 3.8) is 0 Å². The summed E-state index contributed by atoms with van der Waals surface area (Å²) in [4.78, 5) is 2.66. The van der Waals surface area contributed by atoms with Gasteiger partial charge in [-0.25, -0.2) is 0 Å². The monoisotopic (exact) mass is 259 g/mol. The van der Waals surface area contributed by atoms with Crippen LogP contribution in [0, 0.1) is 11.8 Å². The van der Waals surface area contributed by atoms with Crippen LogP contribution in [-0.2, 0) is 6.42 Å². The summed E-state index contributed by atoms with van der Waals surface area (Å²) in [5.74, 6) is 2.10. The van der Waals surface area contributed by atoms with E-state index < -0.39 is 0 Å². The number of fused-ring (bicyclic) bond motifs is 1. The maximum absolute atomic E-state index is 10.1. The van der Waals surface area contributed by atoms with Crippen LogP contribution in [0.3, 0.4) is 0 Å². The van der Waals surface area contributed by atoms with Crippen LogP contribution in [-0.4, -0.2) is 23.1 Å². The molecule has 3 atom stereocenters. The van der Waals surface area contributed by atoms with E-state index >= 15 is 0 Å². The van der Waals surface area contributed by atoms with Gasteiger partial charge in [0.25, 0.3) is 0 Å². The van der Waals surface area contributed by atoms with Gasteiger partial charge in [-0.2, -0.15) is 0 Å². The van der Waals surface area contributed by atoms with Gasteiger partial charge in [0, 0.05) is 19.1 Å². The fourth-order valence-corrected chi connectivity index (χ4v) is 4.15. The number of phenolic OH excluding ortho intramolecular Hbond substituents is 1. The molecular formula is C17H25NO. The van der Waals surface area contributed by atoms with Gasteiger partial charge in [0.05, 0.1) is 0 Å². The van der Waals surface area contributed by atoms with E-state index in [0.717, 1.165) is 18.3 Å². The fourth-order valence-electron chi connectivity index (χ4n) is 4.15. The van der Waals surface area contributed by atoms with Gasteiger partial charge in [-0.15, -0.1) is 0 Å². The quantitative estimate of drug-likeness (QED) is 0.830. The van der Waals surface area contributed by atoms with Crippen LogP contribution >= 0.6 is 0 Å². The highest BCUT2D eigenvalue weighted by Gasteiger charge is 2.31. The van der Waals surface area contributed by atoms with Crippen molar-refractivity contribution in [2.45, 2.75) is 45.6 Å². The minimum atomic E-state index is 0.500. The van der Waals surface area contributed by atoms with Crippen molar-refractivity contribution in [1.82, 2.24) is 4.90 Å². The van der Waals surface area contributed by atoms with Gasteiger partial charge >= 0.3 is 0 Å². The summed E-state index contributed by atoms with van der Waals surface area (Å²) in [5.41, 5.74) is 2.58. The highest BCUT2D eigenvalue weighted by Crippen LogP contribution is 2.40. The highest BCUT2D eigenvalue weighted by atomic mass is 16.3. The Labute approximate surface area is 116 Å². The predicted molar refractivity (Wildman–Crippen MR) is 78.3 cm³/mol. The van der Waals surface area contributed by atoms with Crippen molar-refractivity contribution < 1.29 is 5.11 Å². The molecule has 0 bridgehead atoms. The molecule has 0 radical (unpaired) electrons. The first-order valence-electron chi connectivity index (χ1n) is 7.70. The van der Waals surface area contributed by atoms with Crippen molar-refractivity contribution in [2.24, 2.45) is 11.8 Å². The zero-order valence-electron chi connectivity index (χ0n) is 12.1. The molecule has 0 amide bonds. The molecule has 1 fully saturated rings. The fraction of sp³-hybridized carbons (Fsp3) is 0.647. The molecule has 2 aliphatic rings. The normalized spacial score (nSPS) is 32.0. The molecule has 3 unspecified atom stereocenters. The molecule has 2 heteroatoms. The Morgan fingerprint density at radius 2 is 1.89 bits per heavy atom. The lowest BCUT2D eigenvalue weighted by Gasteiger charge is -2.42. The van der Waals surface area contributed by atoms with Gasteiger partial charge in [0.1, 0.15) is 5.75 Å². The Morgan fingerprint density at radius 3 is 2.63 bits per heavy atom. The summed E-state index contributed by atoms with van der Waals surface area (Å²) in [5, 5.41) is 10.1. The molecule has 0 saturated carbocycles. The van der Waals surface area contributed by atoms with E-state index in [2.05, 4.69) is 24.8 Å². The van der Waals surface area contributed by atoms with Crippen LogP contribution in [0.25, 0.3) is 0 Å². The zero-order chi connectivity index (χ0) is 13.4. The van der Waals surface area contributed by atoms with Crippen LogP contribution in [0.15, 0.2) is 18.2 Å². The van der Waals surface area contributed by atoms with Crippen molar-refractivity contribution in [2.75, 3.05) is 13.1 Å². The molecule has 0 spiro atoms. The van der Waals surface area contributed by atoms with Crippen molar-refractivity contribution in [1.29, 1.82) is 0 Å². The van der Waals surface area contributed by atoms with Crippen LogP contribution in [0.5, 0.6) is 5.75 Å². The molecule has 2 nitrogen and oxygen atoms in total. The minimum Gasteiger partial charge on any atom is -0.508 e. The Hall–Kier alpha value is -1.02. The molecule has 1 aliphatic carbocycles. The smallest absolute Gasteiger partial charge is 0.119 e. The third kappa shape index (κ3) is 2.51. The average molecular weight is 259 g/mol. The number of phenols is 1. The molecule has 3 rings (SSSR count). The zero-order valence-corrected chi connectivity index (χ0v) is 12.1.